The van der Waals surface area contributed by atoms with Crippen molar-refractivity contribution in [3.63, 3.8) is 0 Å². The summed E-state index contributed by atoms with van der Waals surface area (Å²) in [6, 6.07) is 6.13. The van der Waals surface area contributed by atoms with Crippen LogP contribution in [0.3, 0.4) is 0 Å². The number of aromatic amines is 1. The minimum atomic E-state index is -4.01. The third-order valence-corrected chi connectivity index (χ3v) is 5.48. The second-order valence-corrected chi connectivity index (χ2v) is 7.89. The number of aromatic nitrogens is 3. The van der Waals surface area contributed by atoms with Gasteiger partial charge < -0.3 is 9.84 Å². The molecule has 1 aliphatic rings. The fourth-order valence-electron chi connectivity index (χ4n) is 2.64. The van der Waals surface area contributed by atoms with Gasteiger partial charge in [-0.2, -0.15) is 18.2 Å². The van der Waals surface area contributed by atoms with Gasteiger partial charge in [0.05, 0.1) is 17.6 Å². The number of aryl methyl sites for hydroxylation is 2. The van der Waals surface area contributed by atoms with Crippen LogP contribution < -0.4 is 11.2 Å². The Balaban J connectivity index is 1.70. The first kappa shape index (κ1) is 19.4. The zero-order valence-corrected chi connectivity index (χ0v) is 15.5. The Morgan fingerprint density at radius 2 is 1.96 bits per heavy atom. The van der Waals surface area contributed by atoms with Gasteiger partial charge in [0, 0.05) is 6.42 Å². The first-order valence-corrected chi connectivity index (χ1v) is 9.57. The second kappa shape index (κ2) is 7.35. The summed E-state index contributed by atoms with van der Waals surface area (Å²) in [5.74, 6) is 0. The standard InChI is InChI=1S/C16H19N3O7S/c1-9-3-5-11(6-4-9)27(23,24)25-8-13-12(20)7-14(26-13)19-16(22)17-15(21)10(2)18-19/h3-6,12-14,20H,7-8H2,1-2H3,(H,17,21,22)/t12-,13+,14-/m0/s1. The van der Waals surface area contributed by atoms with Crippen LogP contribution in [0.5, 0.6) is 0 Å². The molecule has 3 atom stereocenters. The first-order valence-electron chi connectivity index (χ1n) is 8.17. The van der Waals surface area contributed by atoms with Crippen molar-refractivity contribution in [1.82, 2.24) is 14.8 Å². The van der Waals surface area contributed by atoms with Gasteiger partial charge in [-0.3, -0.25) is 14.0 Å². The lowest BCUT2D eigenvalue weighted by molar-refractivity contribution is -0.0451. The van der Waals surface area contributed by atoms with Crippen molar-refractivity contribution in [2.24, 2.45) is 0 Å². The van der Waals surface area contributed by atoms with Crippen LogP contribution in [0.25, 0.3) is 0 Å². The molecule has 1 saturated heterocycles. The minimum absolute atomic E-state index is 0.00298. The van der Waals surface area contributed by atoms with Gasteiger partial charge in [-0.05, 0) is 26.0 Å². The maximum Gasteiger partial charge on any atom is 0.347 e. The third kappa shape index (κ3) is 4.16. The molecule has 2 aromatic rings. The number of H-pyrrole nitrogens is 1. The molecule has 0 radical (unpaired) electrons. The van der Waals surface area contributed by atoms with Crippen LogP contribution in [0.4, 0.5) is 0 Å². The number of nitrogens with one attached hydrogen (secondary N) is 1. The summed E-state index contributed by atoms with van der Waals surface area (Å²) in [6.07, 6.45) is -2.99. The molecule has 146 valence electrons. The predicted molar refractivity (Wildman–Crippen MR) is 92.7 cm³/mol. The summed E-state index contributed by atoms with van der Waals surface area (Å²) in [7, 11) is -4.01. The molecule has 1 aromatic carbocycles. The normalized spacial score (nSPS) is 22.9. The average molecular weight is 397 g/mol. The molecule has 11 heteroatoms. The van der Waals surface area contributed by atoms with Crippen LogP contribution in [0.15, 0.2) is 38.8 Å². The van der Waals surface area contributed by atoms with Crippen molar-refractivity contribution in [2.75, 3.05) is 6.61 Å². The minimum Gasteiger partial charge on any atom is -0.390 e. The van der Waals surface area contributed by atoms with E-state index in [1.165, 1.54) is 19.1 Å². The maximum atomic E-state index is 12.2. The lowest BCUT2D eigenvalue weighted by Crippen LogP contribution is -2.36. The SMILES string of the molecule is Cc1ccc(S(=O)(=O)OC[C@H]2O[C@H](n3nc(C)c(=O)[nH]c3=O)C[C@@H]2O)cc1. The number of aliphatic hydroxyl groups excluding tert-OH is 1. The van der Waals surface area contributed by atoms with E-state index in [2.05, 4.69) is 10.1 Å². The summed E-state index contributed by atoms with van der Waals surface area (Å²) in [4.78, 5) is 25.4. The van der Waals surface area contributed by atoms with Crippen molar-refractivity contribution in [1.29, 1.82) is 0 Å². The van der Waals surface area contributed by atoms with E-state index in [1.807, 2.05) is 6.92 Å². The van der Waals surface area contributed by atoms with E-state index in [-0.39, 0.29) is 17.0 Å². The summed E-state index contributed by atoms with van der Waals surface area (Å²) >= 11 is 0. The van der Waals surface area contributed by atoms with Crippen LogP contribution in [0, 0.1) is 13.8 Å². The van der Waals surface area contributed by atoms with E-state index < -0.39 is 46.4 Å². The Labute approximate surface area is 154 Å². The molecule has 0 spiro atoms. The van der Waals surface area contributed by atoms with Crippen LogP contribution >= 0.6 is 0 Å². The Bertz CT molecular complexity index is 1040. The Kier molecular flexibility index (Phi) is 5.29. The molecule has 0 bridgehead atoms. The topological polar surface area (TPSA) is 141 Å². The zero-order chi connectivity index (χ0) is 19.8. The van der Waals surface area contributed by atoms with Crippen LogP contribution in [-0.2, 0) is 19.0 Å². The first-order chi connectivity index (χ1) is 12.7. The smallest absolute Gasteiger partial charge is 0.347 e. The summed E-state index contributed by atoms with van der Waals surface area (Å²) < 4.78 is 35.9. The van der Waals surface area contributed by atoms with E-state index >= 15 is 0 Å². The Morgan fingerprint density at radius 1 is 1.30 bits per heavy atom. The van der Waals surface area contributed by atoms with Gasteiger partial charge in [-0.1, -0.05) is 17.7 Å². The van der Waals surface area contributed by atoms with Gasteiger partial charge in [0.15, 0.2) is 6.23 Å². The van der Waals surface area contributed by atoms with Gasteiger partial charge >= 0.3 is 5.69 Å². The fourth-order valence-corrected chi connectivity index (χ4v) is 3.56. The number of benzene rings is 1. The number of aliphatic hydroxyl groups is 1. The average Bonchev–Trinajstić information content (AvgIpc) is 2.97. The van der Waals surface area contributed by atoms with Gasteiger partial charge in [0.1, 0.15) is 11.8 Å². The highest BCUT2D eigenvalue weighted by molar-refractivity contribution is 7.86. The van der Waals surface area contributed by atoms with Crippen molar-refractivity contribution in [2.45, 2.75) is 43.6 Å². The molecule has 0 amide bonds. The van der Waals surface area contributed by atoms with Crippen LogP contribution in [0.2, 0.25) is 0 Å². The summed E-state index contributed by atoms with van der Waals surface area (Å²) in [6.45, 7) is 2.83. The molecule has 2 heterocycles. The fraction of sp³-hybridized carbons (Fsp3) is 0.438. The van der Waals surface area contributed by atoms with E-state index in [9.17, 15) is 23.1 Å². The largest absolute Gasteiger partial charge is 0.390 e. The Hall–Kier alpha value is -2.34. The highest BCUT2D eigenvalue weighted by atomic mass is 32.2. The lowest BCUT2D eigenvalue weighted by Gasteiger charge is -2.15. The van der Waals surface area contributed by atoms with Crippen LogP contribution in [-0.4, -0.2) is 47.1 Å². The van der Waals surface area contributed by atoms with E-state index in [1.54, 1.807) is 12.1 Å². The van der Waals surface area contributed by atoms with Gasteiger partial charge in [0.2, 0.25) is 0 Å². The number of hydrogen-bond donors (Lipinski definition) is 2. The number of rotatable bonds is 5. The number of nitrogens with zero attached hydrogens (tertiary/aromatic N) is 2. The van der Waals surface area contributed by atoms with E-state index in [4.69, 9.17) is 8.92 Å². The molecule has 1 aromatic heterocycles. The molecule has 10 nitrogen and oxygen atoms in total. The summed E-state index contributed by atoms with van der Waals surface area (Å²) in [5.41, 5.74) is -0.426. The molecule has 1 fully saturated rings. The van der Waals surface area contributed by atoms with Gasteiger partial charge in [0.25, 0.3) is 15.7 Å². The molecular formula is C16H19N3O7S. The highest BCUT2D eigenvalue weighted by Gasteiger charge is 2.37. The quantitative estimate of drug-likeness (QED) is 0.650. The summed E-state index contributed by atoms with van der Waals surface area (Å²) in [5, 5.41) is 14.0. The van der Waals surface area contributed by atoms with Crippen molar-refractivity contribution >= 4 is 10.1 Å². The molecule has 3 rings (SSSR count). The van der Waals surface area contributed by atoms with Crippen molar-refractivity contribution < 1.29 is 22.4 Å². The van der Waals surface area contributed by atoms with Crippen LogP contribution in [0.1, 0.15) is 23.9 Å². The van der Waals surface area contributed by atoms with E-state index in [0.29, 0.717) is 0 Å². The Morgan fingerprint density at radius 3 is 2.63 bits per heavy atom. The molecule has 0 aliphatic carbocycles. The zero-order valence-electron chi connectivity index (χ0n) is 14.7. The maximum absolute atomic E-state index is 12.2. The van der Waals surface area contributed by atoms with Crippen molar-refractivity contribution in [3.8, 4) is 0 Å². The van der Waals surface area contributed by atoms with Gasteiger partial charge in [-0.25, -0.2) is 4.79 Å². The number of hydrogen-bond acceptors (Lipinski definition) is 8. The monoisotopic (exact) mass is 397 g/mol. The van der Waals surface area contributed by atoms with Crippen molar-refractivity contribution in [3.05, 3.63) is 56.4 Å². The highest BCUT2D eigenvalue weighted by Crippen LogP contribution is 2.28. The van der Waals surface area contributed by atoms with Gasteiger partial charge in [-0.15, -0.1) is 0 Å². The second-order valence-electron chi connectivity index (χ2n) is 6.27. The third-order valence-electron chi connectivity index (χ3n) is 4.19. The molecule has 0 unspecified atom stereocenters. The molecule has 1 aliphatic heterocycles. The molecule has 27 heavy (non-hydrogen) atoms. The molecular weight excluding hydrogens is 378 g/mol. The molecule has 2 N–H and O–H groups in total. The number of ether oxygens (including phenoxy) is 1. The molecule has 0 saturated carbocycles. The lowest BCUT2D eigenvalue weighted by atomic mass is 10.2. The predicted octanol–water partition coefficient (Wildman–Crippen LogP) is -0.398. The van der Waals surface area contributed by atoms with E-state index in [0.717, 1.165) is 10.2 Å².